The van der Waals surface area contributed by atoms with Gasteiger partial charge >= 0.3 is 5.97 Å². The molecule has 4 aliphatic heterocycles. The summed E-state index contributed by atoms with van der Waals surface area (Å²) in [6.45, 7) is 13.7. The van der Waals surface area contributed by atoms with Crippen molar-refractivity contribution < 1.29 is 39.5 Å². The first-order valence-corrected chi connectivity index (χ1v) is 22.6. The molecule has 1 saturated carbocycles. The first-order chi connectivity index (χ1) is 29.6. The molecule has 62 heavy (non-hydrogen) atoms. The zero-order chi connectivity index (χ0) is 44.4. The van der Waals surface area contributed by atoms with E-state index in [9.17, 15) is 30.0 Å². The van der Waals surface area contributed by atoms with Crippen LogP contribution >= 0.6 is 0 Å². The Morgan fingerprint density at radius 2 is 1.89 bits per heavy atom. The Kier molecular flexibility index (Phi) is 12.0. The third kappa shape index (κ3) is 7.17. The van der Waals surface area contributed by atoms with Gasteiger partial charge in [0.1, 0.15) is 11.9 Å². The minimum Gasteiger partial charge on any atom is -0.496 e. The maximum atomic E-state index is 14.5. The van der Waals surface area contributed by atoms with Crippen LogP contribution in [0.5, 0.6) is 5.75 Å². The fourth-order valence-corrected chi connectivity index (χ4v) is 12.6. The lowest BCUT2D eigenvalue weighted by atomic mass is 9.63. The number of allylic oxidation sites excluding steroid dienone is 1. The highest BCUT2D eigenvalue weighted by molar-refractivity contribution is 5.90. The van der Waals surface area contributed by atoms with E-state index >= 15 is 0 Å². The van der Waals surface area contributed by atoms with Gasteiger partial charge < -0.3 is 45.1 Å². The number of nitrogens with zero attached hydrogens (tertiary/aromatic N) is 3. The zero-order valence-electron chi connectivity index (χ0n) is 37.4. The number of anilines is 1. The van der Waals surface area contributed by atoms with Gasteiger partial charge in [0.25, 0.3) is 5.91 Å². The molecule has 3 aromatic rings. The fraction of sp³-hybridized carbons (Fsp3) is 0.592. The van der Waals surface area contributed by atoms with Crippen molar-refractivity contribution in [1.29, 1.82) is 0 Å². The summed E-state index contributed by atoms with van der Waals surface area (Å²) in [5.41, 5.74) is 1.80. The number of amides is 1. The summed E-state index contributed by atoms with van der Waals surface area (Å²) >= 11 is 0. The SMILES string of the molecule is C=C(CC1CN(CCc2c(CC(=O)OC)[nH]c3ccccc23)CC(O)(CC)C1)c1cc2c(cc1OC)N(C)C1C23CCN2CC=C[C@](CC)(C2C3)[C@@H](O)[C@]1(O)C(=O)NC[C@H](C)O. The lowest BCUT2D eigenvalue weighted by molar-refractivity contribution is -0.172. The second kappa shape index (κ2) is 16.7. The van der Waals surface area contributed by atoms with E-state index in [4.69, 9.17) is 9.47 Å². The van der Waals surface area contributed by atoms with Crippen LogP contribution in [0.15, 0.2) is 55.1 Å². The van der Waals surface area contributed by atoms with Gasteiger partial charge in [-0.3, -0.25) is 19.4 Å². The van der Waals surface area contributed by atoms with Crippen molar-refractivity contribution in [3.8, 4) is 5.75 Å². The van der Waals surface area contributed by atoms with Crippen LogP contribution in [0.25, 0.3) is 16.5 Å². The smallest absolute Gasteiger partial charge is 0.311 e. The van der Waals surface area contributed by atoms with E-state index in [1.807, 2.05) is 56.1 Å². The quantitative estimate of drug-likeness (QED) is 0.102. The molecule has 6 N–H and O–H groups in total. The standard InChI is InChI=1S/C49H67N5O8/c1-8-46(59)25-32(28-53(29-46)19-15-34-33-13-10-11-14-37(33)51-38(34)23-42(56)62-7)21-30(3)35-22-36-39(24-40(35)61-6)52(5)43-48(36)17-20-54-18-12-16-47(9-2,41(54)26-48)44(57)49(43,60)45(58)50-27-31(4)55/h10-14,16,22,24,31-32,41,43-44,51,55,57,59-60H,3,8-9,15,17-21,23,25-29H2,1-2,4-7H3,(H,50,58)/t31-,32?,41?,43?,44+,46?,47+,48?,49-/m0/s1. The number of methoxy groups -OCH3 is 2. The molecule has 1 aromatic heterocycles. The summed E-state index contributed by atoms with van der Waals surface area (Å²) in [6, 6.07) is 11.3. The molecule has 13 heteroatoms. The lowest BCUT2D eigenvalue weighted by Crippen LogP contribution is -2.71. The van der Waals surface area contributed by atoms with E-state index < -0.39 is 46.2 Å². The van der Waals surface area contributed by atoms with Crippen LogP contribution in [0.3, 0.4) is 0 Å². The average molecular weight is 854 g/mol. The van der Waals surface area contributed by atoms with Crippen LogP contribution in [0.4, 0.5) is 5.69 Å². The maximum Gasteiger partial charge on any atom is 0.311 e. The molecule has 3 fully saturated rings. The molecule has 1 aliphatic carbocycles. The summed E-state index contributed by atoms with van der Waals surface area (Å²) < 4.78 is 11.1. The highest BCUT2D eigenvalue weighted by atomic mass is 16.5. The number of H-pyrrole nitrogens is 1. The molecule has 2 saturated heterocycles. The van der Waals surface area contributed by atoms with Gasteiger partial charge in [0.05, 0.1) is 38.4 Å². The van der Waals surface area contributed by atoms with Crippen LogP contribution in [0, 0.1) is 11.3 Å². The molecular formula is C49H67N5O8. The number of hydrogen-bond acceptors (Lipinski definition) is 11. The van der Waals surface area contributed by atoms with Crippen molar-refractivity contribution in [2.45, 2.75) is 113 Å². The predicted octanol–water partition coefficient (Wildman–Crippen LogP) is 4.09. The van der Waals surface area contributed by atoms with E-state index in [2.05, 4.69) is 44.9 Å². The number of carbonyl (C=O) groups is 2. The number of hydrogen-bond donors (Lipinski definition) is 6. The van der Waals surface area contributed by atoms with Gasteiger partial charge in [0.15, 0.2) is 5.60 Å². The number of benzene rings is 2. The van der Waals surface area contributed by atoms with Gasteiger partial charge in [-0.15, -0.1) is 0 Å². The molecule has 0 radical (unpaired) electrons. The Morgan fingerprint density at radius 3 is 2.60 bits per heavy atom. The third-order valence-corrected chi connectivity index (χ3v) is 15.7. The molecule has 5 unspecified atom stereocenters. The van der Waals surface area contributed by atoms with Gasteiger partial charge in [-0.05, 0) is 93.2 Å². The van der Waals surface area contributed by atoms with E-state index in [-0.39, 0.29) is 30.9 Å². The van der Waals surface area contributed by atoms with Crippen LogP contribution in [0.1, 0.15) is 81.7 Å². The summed E-state index contributed by atoms with van der Waals surface area (Å²) in [4.78, 5) is 37.1. The third-order valence-electron chi connectivity index (χ3n) is 15.7. The number of ether oxygens (including phenoxy) is 2. The summed E-state index contributed by atoms with van der Waals surface area (Å²) in [6.07, 6.45) is 6.37. The Labute approximate surface area is 365 Å². The first-order valence-electron chi connectivity index (χ1n) is 22.6. The minimum atomic E-state index is -2.24. The molecule has 8 rings (SSSR count). The highest BCUT2D eigenvalue weighted by Gasteiger charge is 2.72. The number of esters is 1. The van der Waals surface area contributed by atoms with Gasteiger partial charge in [-0.25, -0.2) is 0 Å². The molecule has 336 valence electrons. The molecule has 5 aliphatic rings. The van der Waals surface area contributed by atoms with E-state index in [1.165, 1.54) is 7.11 Å². The molecule has 5 heterocycles. The Hall–Kier alpha value is -4.24. The summed E-state index contributed by atoms with van der Waals surface area (Å²) in [7, 11) is 4.95. The molecule has 13 nitrogen and oxygen atoms in total. The van der Waals surface area contributed by atoms with Crippen molar-refractivity contribution in [1.82, 2.24) is 20.1 Å². The van der Waals surface area contributed by atoms with Crippen molar-refractivity contribution in [3.05, 3.63) is 77.5 Å². The Bertz CT molecular complexity index is 2240. The second-order valence-corrected chi connectivity index (χ2v) is 19.2. The van der Waals surface area contributed by atoms with Gasteiger partial charge in [-0.1, -0.05) is 50.8 Å². The number of rotatable bonds is 14. The number of para-hydroxylation sites is 1. The molecule has 2 bridgehead atoms. The highest BCUT2D eigenvalue weighted by Crippen LogP contribution is 2.63. The Morgan fingerprint density at radius 1 is 1.11 bits per heavy atom. The largest absolute Gasteiger partial charge is 0.496 e. The number of fused-ring (bicyclic) bond motifs is 2. The number of piperidine rings is 2. The molecule has 1 amide bonds. The van der Waals surface area contributed by atoms with Gasteiger partial charge in [-0.2, -0.15) is 0 Å². The second-order valence-electron chi connectivity index (χ2n) is 19.2. The Balaban J connectivity index is 1.12. The van der Waals surface area contributed by atoms with E-state index in [0.717, 1.165) is 64.2 Å². The van der Waals surface area contributed by atoms with Crippen molar-refractivity contribution >= 4 is 34.0 Å². The monoisotopic (exact) mass is 853 g/mol. The maximum absolute atomic E-state index is 14.5. The van der Waals surface area contributed by atoms with Gasteiger partial charge in [0, 0.05) is 90.6 Å². The number of β-amino-alcohol motifs (C(OH)–C–C–N with tert-alkyl or cyclic N) is 1. The summed E-state index contributed by atoms with van der Waals surface area (Å²) in [5, 5.41) is 51.9. The number of aromatic nitrogens is 1. The number of aliphatic hydroxyl groups excluding tert-OH is 2. The number of aliphatic hydroxyl groups is 4. The summed E-state index contributed by atoms with van der Waals surface area (Å²) in [5.74, 6) is -0.266. The van der Waals surface area contributed by atoms with Crippen LogP contribution < -0.4 is 15.0 Å². The van der Waals surface area contributed by atoms with Crippen molar-refractivity contribution in [3.63, 3.8) is 0 Å². The van der Waals surface area contributed by atoms with E-state index in [1.54, 1.807) is 14.0 Å². The lowest BCUT2D eigenvalue weighted by Gasteiger charge is -2.53. The van der Waals surface area contributed by atoms with Crippen LogP contribution in [-0.4, -0.2) is 143 Å². The molecule has 2 aromatic carbocycles. The first kappa shape index (κ1) is 44.4. The number of likely N-dealkylation sites (tertiary alicyclic amines) is 1. The number of likely N-dealkylation sites (N-methyl/N-ethyl adjacent to an activating group) is 1. The van der Waals surface area contributed by atoms with Crippen LogP contribution in [0.2, 0.25) is 0 Å². The van der Waals surface area contributed by atoms with Crippen molar-refractivity contribution in [2.75, 3.05) is 65.4 Å². The number of aromatic amines is 1. The average Bonchev–Trinajstić information content (AvgIpc) is 3.70. The van der Waals surface area contributed by atoms with Gasteiger partial charge in [0.2, 0.25) is 0 Å². The number of carbonyl (C=O) groups excluding carboxylic acids is 2. The predicted molar refractivity (Wildman–Crippen MR) is 240 cm³/mol. The van der Waals surface area contributed by atoms with E-state index in [0.29, 0.717) is 63.8 Å². The number of nitrogens with one attached hydrogen (secondary N) is 2. The van der Waals surface area contributed by atoms with Crippen LogP contribution in [-0.2, 0) is 32.6 Å². The van der Waals surface area contributed by atoms with Crippen molar-refractivity contribution in [2.24, 2.45) is 11.3 Å². The normalized spacial score (nSPS) is 32.2. The minimum absolute atomic E-state index is 0.0578. The fourth-order valence-electron chi connectivity index (χ4n) is 12.6. The molecule has 1 spiro atoms. The molecular weight excluding hydrogens is 787 g/mol. The molecule has 9 atom stereocenters. The zero-order valence-corrected chi connectivity index (χ0v) is 37.4. The topological polar surface area (TPSA) is 171 Å².